The molecule has 1 aromatic heterocycles. The molecule has 2 rings (SSSR count). The Bertz CT molecular complexity index is 336. The number of aromatic nitrogens is 2. The number of thioether (sulfide) groups is 1. The topological polar surface area (TPSA) is 46.0 Å². The number of aliphatic hydroxyl groups is 1. The van der Waals surface area contributed by atoms with Crippen LogP contribution in [0.5, 0.6) is 0 Å². The first-order valence-corrected chi connectivity index (χ1v) is 6.20. The summed E-state index contributed by atoms with van der Waals surface area (Å²) in [4.78, 5) is 8.75. The van der Waals surface area contributed by atoms with E-state index >= 15 is 0 Å². The standard InChI is InChI=1S/C11H16N2OS/c1-7-6-8(2)13-11(12-7)15-10-5-3-4-9(10)14/h6,9-10,14H,3-5H2,1-2H3/t9-,10-/m1/s1. The average Bonchev–Trinajstić information content (AvgIpc) is 2.50. The van der Waals surface area contributed by atoms with Crippen molar-refractivity contribution in [2.24, 2.45) is 0 Å². The van der Waals surface area contributed by atoms with Crippen LogP contribution in [0.2, 0.25) is 0 Å². The van der Waals surface area contributed by atoms with Crippen molar-refractivity contribution < 1.29 is 5.11 Å². The summed E-state index contributed by atoms with van der Waals surface area (Å²) >= 11 is 1.62. The lowest BCUT2D eigenvalue weighted by molar-refractivity contribution is 0.188. The Labute approximate surface area is 94.3 Å². The molecule has 0 saturated heterocycles. The highest BCUT2D eigenvalue weighted by Gasteiger charge is 2.26. The first-order valence-electron chi connectivity index (χ1n) is 5.32. The molecule has 1 saturated carbocycles. The van der Waals surface area contributed by atoms with Crippen molar-refractivity contribution in [3.8, 4) is 0 Å². The molecule has 82 valence electrons. The van der Waals surface area contributed by atoms with Crippen molar-refractivity contribution in [3.63, 3.8) is 0 Å². The molecule has 2 atom stereocenters. The lowest BCUT2D eigenvalue weighted by atomic mass is 10.3. The van der Waals surface area contributed by atoms with Gasteiger partial charge < -0.3 is 5.11 Å². The van der Waals surface area contributed by atoms with Gasteiger partial charge in [-0.2, -0.15) is 0 Å². The zero-order chi connectivity index (χ0) is 10.8. The van der Waals surface area contributed by atoms with Gasteiger partial charge in [0.05, 0.1) is 6.10 Å². The average molecular weight is 224 g/mol. The summed E-state index contributed by atoms with van der Waals surface area (Å²) in [7, 11) is 0. The van der Waals surface area contributed by atoms with Crippen LogP contribution in [0.25, 0.3) is 0 Å². The lowest BCUT2D eigenvalue weighted by Gasteiger charge is -2.12. The molecule has 0 unspecified atom stereocenters. The van der Waals surface area contributed by atoms with Crippen LogP contribution < -0.4 is 0 Å². The first-order chi connectivity index (χ1) is 7.15. The zero-order valence-corrected chi connectivity index (χ0v) is 9.92. The zero-order valence-electron chi connectivity index (χ0n) is 9.10. The van der Waals surface area contributed by atoms with Crippen LogP contribution in [0.3, 0.4) is 0 Å². The minimum absolute atomic E-state index is 0.181. The smallest absolute Gasteiger partial charge is 0.188 e. The molecule has 0 bridgehead atoms. The van der Waals surface area contributed by atoms with Gasteiger partial charge >= 0.3 is 0 Å². The second-order valence-electron chi connectivity index (χ2n) is 4.09. The molecular formula is C11H16N2OS. The van der Waals surface area contributed by atoms with Crippen LogP contribution in [-0.2, 0) is 0 Å². The van der Waals surface area contributed by atoms with E-state index in [1.807, 2.05) is 19.9 Å². The van der Waals surface area contributed by atoms with E-state index in [1.54, 1.807) is 11.8 Å². The first kappa shape index (κ1) is 10.9. The molecule has 3 nitrogen and oxygen atoms in total. The molecule has 0 amide bonds. The van der Waals surface area contributed by atoms with Crippen LogP contribution in [0.15, 0.2) is 11.2 Å². The SMILES string of the molecule is Cc1cc(C)nc(S[C@@H]2CCC[C@H]2O)n1. The van der Waals surface area contributed by atoms with E-state index in [1.165, 1.54) is 0 Å². The van der Waals surface area contributed by atoms with Crippen molar-refractivity contribution in [3.05, 3.63) is 17.5 Å². The summed E-state index contributed by atoms with van der Waals surface area (Å²) in [5.41, 5.74) is 2.00. The predicted molar refractivity (Wildman–Crippen MR) is 61.0 cm³/mol. The second-order valence-corrected chi connectivity index (χ2v) is 5.29. The molecule has 1 heterocycles. The van der Waals surface area contributed by atoms with E-state index in [0.29, 0.717) is 0 Å². The predicted octanol–water partition coefficient (Wildman–Crippen LogP) is 2.10. The Morgan fingerprint density at radius 1 is 1.27 bits per heavy atom. The van der Waals surface area contributed by atoms with Gasteiger partial charge in [-0.05, 0) is 39.2 Å². The number of rotatable bonds is 2. The number of hydrogen-bond donors (Lipinski definition) is 1. The maximum atomic E-state index is 9.71. The molecule has 1 aliphatic rings. The molecule has 0 spiro atoms. The molecule has 1 N–H and O–H groups in total. The fourth-order valence-electron chi connectivity index (χ4n) is 1.93. The quantitative estimate of drug-likeness (QED) is 0.781. The van der Waals surface area contributed by atoms with Gasteiger partial charge in [-0.15, -0.1) is 0 Å². The monoisotopic (exact) mass is 224 g/mol. The third-order valence-electron chi connectivity index (χ3n) is 2.64. The second kappa shape index (κ2) is 4.49. The molecule has 0 aromatic carbocycles. The van der Waals surface area contributed by atoms with Gasteiger partial charge in [0.15, 0.2) is 5.16 Å². The Morgan fingerprint density at radius 2 is 1.93 bits per heavy atom. The van der Waals surface area contributed by atoms with Gasteiger partial charge in [0.25, 0.3) is 0 Å². The molecule has 1 fully saturated rings. The van der Waals surface area contributed by atoms with Crippen LogP contribution in [0, 0.1) is 13.8 Å². The Balaban J connectivity index is 2.10. The van der Waals surface area contributed by atoms with E-state index < -0.39 is 0 Å². The number of hydrogen-bond acceptors (Lipinski definition) is 4. The third kappa shape index (κ3) is 2.69. The van der Waals surface area contributed by atoms with E-state index in [4.69, 9.17) is 0 Å². The van der Waals surface area contributed by atoms with Gasteiger partial charge in [-0.25, -0.2) is 9.97 Å². The van der Waals surface area contributed by atoms with Crippen molar-refractivity contribution in [1.29, 1.82) is 0 Å². The highest BCUT2D eigenvalue weighted by atomic mass is 32.2. The molecular weight excluding hydrogens is 208 g/mol. The number of nitrogens with zero attached hydrogens (tertiary/aromatic N) is 2. The van der Waals surface area contributed by atoms with Gasteiger partial charge in [0, 0.05) is 16.6 Å². The Hall–Kier alpha value is -0.610. The summed E-state index contributed by atoms with van der Waals surface area (Å²) in [6.07, 6.45) is 2.92. The largest absolute Gasteiger partial charge is 0.392 e. The van der Waals surface area contributed by atoms with Gasteiger partial charge in [0.2, 0.25) is 0 Å². The summed E-state index contributed by atoms with van der Waals surface area (Å²) in [6.45, 7) is 3.95. The Kier molecular flexibility index (Phi) is 3.26. The Morgan fingerprint density at radius 3 is 2.47 bits per heavy atom. The van der Waals surface area contributed by atoms with Crippen molar-refractivity contribution in [2.45, 2.75) is 49.6 Å². The van der Waals surface area contributed by atoms with Crippen LogP contribution in [0.4, 0.5) is 0 Å². The fraction of sp³-hybridized carbons (Fsp3) is 0.636. The summed E-state index contributed by atoms with van der Waals surface area (Å²) in [5, 5.41) is 10.8. The van der Waals surface area contributed by atoms with Crippen molar-refractivity contribution >= 4 is 11.8 Å². The molecule has 0 radical (unpaired) electrons. The maximum absolute atomic E-state index is 9.71. The minimum Gasteiger partial charge on any atom is -0.392 e. The van der Waals surface area contributed by atoms with E-state index in [0.717, 1.165) is 35.8 Å². The van der Waals surface area contributed by atoms with E-state index in [-0.39, 0.29) is 11.4 Å². The number of aryl methyl sites for hydroxylation is 2. The summed E-state index contributed by atoms with van der Waals surface area (Å²) < 4.78 is 0. The summed E-state index contributed by atoms with van der Waals surface area (Å²) in [6, 6.07) is 1.97. The van der Waals surface area contributed by atoms with Crippen LogP contribution in [-0.4, -0.2) is 26.4 Å². The summed E-state index contributed by atoms with van der Waals surface area (Å²) in [5.74, 6) is 0. The van der Waals surface area contributed by atoms with Gasteiger partial charge in [-0.1, -0.05) is 11.8 Å². The normalized spacial score (nSPS) is 25.8. The third-order valence-corrected chi connectivity index (χ3v) is 3.88. The van der Waals surface area contributed by atoms with Crippen LogP contribution >= 0.6 is 11.8 Å². The van der Waals surface area contributed by atoms with Gasteiger partial charge in [-0.3, -0.25) is 0 Å². The molecule has 1 aliphatic carbocycles. The van der Waals surface area contributed by atoms with Crippen molar-refractivity contribution in [1.82, 2.24) is 9.97 Å². The van der Waals surface area contributed by atoms with Crippen molar-refractivity contribution in [2.75, 3.05) is 0 Å². The fourth-order valence-corrected chi connectivity index (χ4v) is 3.17. The maximum Gasteiger partial charge on any atom is 0.188 e. The highest BCUT2D eigenvalue weighted by Crippen LogP contribution is 2.33. The van der Waals surface area contributed by atoms with E-state index in [9.17, 15) is 5.11 Å². The van der Waals surface area contributed by atoms with E-state index in [2.05, 4.69) is 9.97 Å². The van der Waals surface area contributed by atoms with Crippen LogP contribution in [0.1, 0.15) is 30.7 Å². The van der Waals surface area contributed by atoms with Gasteiger partial charge in [0.1, 0.15) is 0 Å². The molecule has 1 aromatic rings. The highest BCUT2D eigenvalue weighted by molar-refractivity contribution is 7.99. The minimum atomic E-state index is -0.181. The molecule has 4 heteroatoms. The molecule has 15 heavy (non-hydrogen) atoms. The molecule has 0 aliphatic heterocycles. The lowest BCUT2D eigenvalue weighted by Crippen LogP contribution is -2.15. The number of aliphatic hydroxyl groups excluding tert-OH is 1.